The molecule has 2 atom stereocenters. The van der Waals surface area contributed by atoms with Crippen LogP contribution in [0.25, 0.3) is 0 Å². The van der Waals surface area contributed by atoms with Gasteiger partial charge in [0.25, 0.3) is 0 Å². The summed E-state index contributed by atoms with van der Waals surface area (Å²) in [6.07, 6.45) is -0.396. The smallest absolute Gasteiger partial charge is 0.220 e. The topological polar surface area (TPSA) is 78.4 Å². The van der Waals surface area contributed by atoms with E-state index in [2.05, 4.69) is 23.6 Å². The van der Waals surface area contributed by atoms with Gasteiger partial charge in [-0.15, -0.1) is 0 Å². The minimum atomic E-state index is -1.06. The van der Waals surface area contributed by atoms with Gasteiger partial charge in [-0.3, -0.25) is 9.59 Å². The summed E-state index contributed by atoms with van der Waals surface area (Å²) in [5.74, 6) is -2.27. The molecule has 0 aliphatic rings. The lowest BCUT2D eigenvalue weighted by atomic mass is 10.00. The number of aryl methyl sites for hydroxylation is 1. The summed E-state index contributed by atoms with van der Waals surface area (Å²) in [5, 5.41) is 17.3. The molecule has 0 saturated heterocycles. The maximum atomic E-state index is 13.8. The van der Waals surface area contributed by atoms with Gasteiger partial charge in [0.05, 0.1) is 22.2 Å². The molecule has 202 valence electrons. The SMILES string of the molecule is CCc1cccc(CNC[C@H](O)[C@H](Cc2cc(F)cc(F)c2)NC(=O)CCC(=O)c2ccc(Cl)c(Cl)c2)c1. The van der Waals surface area contributed by atoms with Crippen LogP contribution in [0.2, 0.25) is 10.0 Å². The molecule has 0 saturated carbocycles. The van der Waals surface area contributed by atoms with E-state index in [0.29, 0.717) is 17.1 Å². The molecule has 0 radical (unpaired) electrons. The fourth-order valence-corrected chi connectivity index (χ4v) is 4.35. The summed E-state index contributed by atoms with van der Waals surface area (Å²) >= 11 is 11.9. The number of Topliss-reactive ketones (excluding diaryl/α,β-unsaturated/α-hetero) is 1. The number of amides is 1. The van der Waals surface area contributed by atoms with Crippen molar-refractivity contribution in [1.29, 1.82) is 0 Å². The summed E-state index contributed by atoms with van der Waals surface area (Å²) in [6, 6.07) is 14.7. The van der Waals surface area contributed by atoms with Crippen molar-refractivity contribution in [2.45, 2.75) is 51.3 Å². The van der Waals surface area contributed by atoms with E-state index >= 15 is 0 Å². The van der Waals surface area contributed by atoms with Crippen LogP contribution in [0.4, 0.5) is 8.78 Å². The molecule has 3 aromatic carbocycles. The molecule has 1 amide bonds. The van der Waals surface area contributed by atoms with Crippen molar-refractivity contribution < 1.29 is 23.5 Å². The molecule has 0 fully saturated rings. The quantitative estimate of drug-likeness (QED) is 0.234. The number of ketones is 1. The Morgan fingerprint density at radius 3 is 2.29 bits per heavy atom. The second kappa shape index (κ2) is 14.4. The maximum Gasteiger partial charge on any atom is 0.220 e. The second-order valence-corrected chi connectivity index (χ2v) is 9.89. The zero-order chi connectivity index (χ0) is 27.7. The number of halogens is 4. The van der Waals surface area contributed by atoms with Crippen molar-refractivity contribution in [2.75, 3.05) is 6.54 Å². The normalized spacial score (nSPS) is 12.7. The highest BCUT2D eigenvalue weighted by molar-refractivity contribution is 6.42. The van der Waals surface area contributed by atoms with Gasteiger partial charge in [-0.1, -0.05) is 54.4 Å². The fourth-order valence-electron chi connectivity index (χ4n) is 4.05. The van der Waals surface area contributed by atoms with Gasteiger partial charge < -0.3 is 15.7 Å². The molecule has 0 aliphatic carbocycles. The van der Waals surface area contributed by atoms with Crippen LogP contribution < -0.4 is 10.6 Å². The molecule has 9 heteroatoms. The highest BCUT2D eigenvalue weighted by Gasteiger charge is 2.23. The Balaban J connectivity index is 1.63. The number of carbonyl (C=O) groups is 2. The molecule has 3 N–H and O–H groups in total. The Morgan fingerprint density at radius 1 is 0.895 bits per heavy atom. The Kier molecular flexibility index (Phi) is 11.2. The monoisotopic (exact) mass is 562 g/mol. The van der Waals surface area contributed by atoms with Gasteiger partial charge in [-0.05, 0) is 59.9 Å². The van der Waals surface area contributed by atoms with Gasteiger partial charge in [0, 0.05) is 37.6 Å². The van der Waals surface area contributed by atoms with Crippen LogP contribution in [0, 0.1) is 11.6 Å². The standard InChI is InChI=1S/C29H30Cl2F2N2O3/c1-2-18-4-3-5-19(10-18)16-34-17-28(37)26(13-20-11-22(32)15-23(33)12-20)35-29(38)9-8-27(36)21-6-7-24(30)25(31)14-21/h3-7,10-12,14-15,26,28,34,37H,2,8-9,13,16-17H2,1H3,(H,35,38)/t26-,28-/m0/s1. The summed E-state index contributed by atoms with van der Waals surface area (Å²) in [6.45, 7) is 2.69. The number of aliphatic hydroxyl groups excluding tert-OH is 1. The van der Waals surface area contributed by atoms with Crippen LogP contribution in [-0.2, 0) is 24.2 Å². The number of hydrogen-bond donors (Lipinski definition) is 3. The molecule has 0 unspecified atom stereocenters. The molecule has 38 heavy (non-hydrogen) atoms. The van der Waals surface area contributed by atoms with Gasteiger partial charge in [-0.2, -0.15) is 0 Å². The van der Waals surface area contributed by atoms with Crippen molar-refractivity contribution in [3.63, 3.8) is 0 Å². The third kappa shape index (κ3) is 9.17. The lowest BCUT2D eigenvalue weighted by Crippen LogP contribution is -2.48. The Bertz CT molecular complexity index is 1250. The molecule has 0 bridgehead atoms. The zero-order valence-corrected chi connectivity index (χ0v) is 22.5. The third-order valence-corrected chi connectivity index (χ3v) is 6.83. The summed E-state index contributed by atoms with van der Waals surface area (Å²) in [7, 11) is 0. The molecule has 0 heterocycles. The summed E-state index contributed by atoms with van der Waals surface area (Å²) in [4.78, 5) is 25.2. The Hall–Kier alpha value is -2.84. The van der Waals surface area contributed by atoms with Gasteiger partial charge in [0.15, 0.2) is 5.78 Å². The molecule has 0 aromatic heterocycles. The zero-order valence-electron chi connectivity index (χ0n) is 20.9. The fraction of sp³-hybridized carbons (Fsp3) is 0.310. The first kappa shape index (κ1) is 29.7. The second-order valence-electron chi connectivity index (χ2n) is 9.08. The number of carbonyl (C=O) groups excluding carboxylic acids is 2. The van der Waals surface area contributed by atoms with Gasteiger partial charge in [0.1, 0.15) is 11.6 Å². The molecule has 3 rings (SSSR count). The molecular weight excluding hydrogens is 533 g/mol. The third-order valence-electron chi connectivity index (χ3n) is 6.09. The molecule has 3 aromatic rings. The predicted molar refractivity (Wildman–Crippen MR) is 146 cm³/mol. The number of benzene rings is 3. The van der Waals surface area contributed by atoms with E-state index in [0.717, 1.165) is 30.2 Å². The summed E-state index contributed by atoms with van der Waals surface area (Å²) in [5.41, 5.74) is 2.86. The highest BCUT2D eigenvalue weighted by Crippen LogP contribution is 2.23. The van der Waals surface area contributed by atoms with Crippen LogP contribution in [-0.4, -0.2) is 35.5 Å². The first-order valence-corrected chi connectivity index (χ1v) is 13.1. The average molecular weight is 563 g/mol. The minimum Gasteiger partial charge on any atom is -0.390 e. The van der Waals surface area contributed by atoms with E-state index < -0.39 is 29.7 Å². The van der Waals surface area contributed by atoms with Crippen molar-refractivity contribution >= 4 is 34.9 Å². The van der Waals surface area contributed by atoms with Crippen molar-refractivity contribution in [1.82, 2.24) is 10.6 Å². The van der Waals surface area contributed by atoms with E-state index in [1.807, 2.05) is 18.2 Å². The van der Waals surface area contributed by atoms with Crippen LogP contribution in [0.3, 0.4) is 0 Å². The van der Waals surface area contributed by atoms with Crippen LogP contribution in [0.15, 0.2) is 60.7 Å². The van der Waals surface area contributed by atoms with E-state index in [9.17, 15) is 23.5 Å². The van der Waals surface area contributed by atoms with E-state index in [1.165, 1.54) is 23.8 Å². The van der Waals surface area contributed by atoms with E-state index in [1.54, 1.807) is 0 Å². The van der Waals surface area contributed by atoms with Gasteiger partial charge in [0.2, 0.25) is 5.91 Å². The first-order chi connectivity index (χ1) is 18.1. The average Bonchev–Trinajstić information content (AvgIpc) is 2.88. The number of rotatable bonds is 13. The van der Waals surface area contributed by atoms with Crippen LogP contribution >= 0.6 is 23.2 Å². The molecule has 0 spiro atoms. The molecule has 5 nitrogen and oxygen atoms in total. The Labute approximate surface area is 231 Å². The number of hydrogen-bond acceptors (Lipinski definition) is 4. The van der Waals surface area contributed by atoms with E-state index in [4.69, 9.17) is 23.2 Å². The summed E-state index contributed by atoms with van der Waals surface area (Å²) < 4.78 is 27.5. The van der Waals surface area contributed by atoms with Gasteiger partial charge >= 0.3 is 0 Å². The van der Waals surface area contributed by atoms with Crippen LogP contribution in [0.1, 0.15) is 46.8 Å². The highest BCUT2D eigenvalue weighted by atomic mass is 35.5. The van der Waals surface area contributed by atoms with Gasteiger partial charge in [-0.25, -0.2) is 8.78 Å². The van der Waals surface area contributed by atoms with Crippen LogP contribution in [0.5, 0.6) is 0 Å². The number of aliphatic hydroxyl groups is 1. The maximum absolute atomic E-state index is 13.8. The lowest BCUT2D eigenvalue weighted by molar-refractivity contribution is -0.122. The molecular formula is C29H30Cl2F2N2O3. The minimum absolute atomic E-state index is 0.00464. The van der Waals surface area contributed by atoms with E-state index in [-0.39, 0.29) is 42.2 Å². The lowest BCUT2D eigenvalue weighted by Gasteiger charge is -2.25. The first-order valence-electron chi connectivity index (χ1n) is 12.3. The van der Waals surface area contributed by atoms with Crippen molar-refractivity contribution in [3.05, 3.63) is 105 Å². The Morgan fingerprint density at radius 2 is 1.61 bits per heavy atom. The largest absolute Gasteiger partial charge is 0.390 e. The molecule has 0 aliphatic heterocycles. The predicted octanol–water partition coefficient (Wildman–Crippen LogP) is 5.68. The van der Waals surface area contributed by atoms with Crippen molar-refractivity contribution in [3.8, 4) is 0 Å². The van der Waals surface area contributed by atoms with Crippen molar-refractivity contribution in [2.24, 2.45) is 0 Å². The number of nitrogens with one attached hydrogen (secondary N) is 2.